The van der Waals surface area contributed by atoms with E-state index in [0.29, 0.717) is 51.7 Å². The van der Waals surface area contributed by atoms with Gasteiger partial charge in [0.1, 0.15) is 23.3 Å². The van der Waals surface area contributed by atoms with E-state index >= 15 is 0 Å². The zero-order valence-electron chi connectivity index (χ0n) is 17.9. The number of aromatic nitrogens is 5. The van der Waals surface area contributed by atoms with Gasteiger partial charge in [0.25, 0.3) is 5.91 Å². The first-order chi connectivity index (χ1) is 15.6. The van der Waals surface area contributed by atoms with Crippen molar-refractivity contribution in [1.82, 2.24) is 35.2 Å². The Bertz CT molecular complexity index is 976. The Labute approximate surface area is 185 Å². The van der Waals surface area contributed by atoms with Crippen LogP contribution in [-0.4, -0.2) is 73.6 Å². The van der Waals surface area contributed by atoms with E-state index in [-0.39, 0.29) is 17.7 Å². The molecule has 0 aromatic carbocycles. The molecule has 1 unspecified atom stereocenters. The van der Waals surface area contributed by atoms with Gasteiger partial charge in [-0.2, -0.15) is 0 Å². The molecule has 1 N–H and O–H groups in total. The van der Waals surface area contributed by atoms with Crippen molar-refractivity contribution >= 4 is 11.8 Å². The maximum atomic E-state index is 12.9. The van der Waals surface area contributed by atoms with Gasteiger partial charge in [-0.3, -0.25) is 9.59 Å². The van der Waals surface area contributed by atoms with Crippen LogP contribution in [0.3, 0.4) is 0 Å². The average molecular weight is 441 g/mol. The Balaban J connectivity index is 1.22. The number of hydrogen-bond acceptors (Lipinski definition) is 8. The van der Waals surface area contributed by atoms with E-state index in [9.17, 15) is 9.59 Å². The lowest BCUT2D eigenvalue weighted by molar-refractivity contribution is -0.128. The topological polar surface area (TPSA) is 124 Å². The highest BCUT2D eigenvalue weighted by Gasteiger charge is 2.42. The first-order valence-electron chi connectivity index (χ1n) is 11.1. The van der Waals surface area contributed by atoms with Gasteiger partial charge < -0.3 is 19.7 Å². The summed E-state index contributed by atoms with van der Waals surface area (Å²) in [6.07, 6.45) is 6.14. The van der Waals surface area contributed by atoms with Gasteiger partial charge in [-0.25, -0.2) is 14.6 Å². The summed E-state index contributed by atoms with van der Waals surface area (Å²) in [4.78, 5) is 35.0. The number of ether oxygens (including phenoxy) is 2. The third-order valence-corrected chi connectivity index (χ3v) is 6.52. The molecule has 3 aliphatic heterocycles. The molecule has 0 saturated carbocycles. The molecule has 5 rings (SSSR count). The molecular weight excluding hydrogens is 414 g/mol. The van der Waals surface area contributed by atoms with Crippen LogP contribution in [0.1, 0.15) is 47.6 Å². The number of nitrogens with one attached hydrogen (secondary N) is 1. The predicted octanol–water partition coefficient (Wildman–Crippen LogP) is 0.316. The highest BCUT2D eigenvalue weighted by Crippen LogP contribution is 2.33. The first-order valence-corrected chi connectivity index (χ1v) is 11.1. The predicted molar refractivity (Wildman–Crippen MR) is 110 cm³/mol. The number of rotatable bonds is 4. The molecule has 0 radical (unpaired) electrons. The van der Waals surface area contributed by atoms with E-state index < -0.39 is 5.60 Å². The van der Waals surface area contributed by atoms with E-state index in [2.05, 4.69) is 25.6 Å². The molecule has 170 valence electrons. The largest absolute Gasteiger partial charge is 0.381 e. The standard InChI is InChI=1S/C21H27N7O4/c29-19(15-3-8-31-9-4-15)23-10-17-18-11-32-21(13-28(18)26-25-17)5-1-7-27(12-21)20(30)16-2-6-22-14-24-16/h2,6,14-15H,1,3-5,7-13H2,(H,23,29). The molecule has 2 amide bonds. The molecule has 11 nitrogen and oxygen atoms in total. The third kappa shape index (κ3) is 4.22. The van der Waals surface area contributed by atoms with Gasteiger partial charge in [0, 0.05) is 31.9 Å². The molecule has 2 fully saturated rings. The summed E-state index contributed by atoms with van der Waals surface area (Å²) in [5, 5.41) is 11.6. The maximum Gasteiger partial charge on any atom is 0.272 e. The van der Waals surface area contributed by atoms with Gasteiger partial charge in [0.15, 0.2) is 0 Å². The molecule has 2 aromatic rings. The Morgan fingerprint density at radius 2 is 2.12 bits per heavy atom. The zero-order valence-corrected chi connectivity index (χ0v) is 17.9. The molecule has 5 heterocycles. The molecule has 2 aromatic heterocycles. The highest BCUT2D eigenvalue weighted by atomic mass is 16.5. The molecule has 0 aliphatic carbocycles. The maximum absolute atomic E-state index is 12.9. The van der Waals surface area contributed by atoms with Gasteiger partial charge in [-0.1, -0.05) is 5.21 Å². The molecule has 2 saturated heterocycles. The number of fused-ring (bicyclic) bond motifs is 1. The van der Waals surface area contributed by atoms with Crippen LogP contribution in [0.4, 0.5) is 0 Å². The van der Waals surface area contributed by atoms with Crippen molar-refractivity contribution in [3.05, 3.63) is 35.7 Å². The van der Waals surface area contributed by atoms with E-state index in [1.807, 2.05) is 4.68 Å². The van der Waals surface area contributed by atoms with Crippen molar-refractivity contribution in [2.75, 3.05) is 26.3 Å². The van der Waals surface area contributed by atoms with Crippen molar-refractivity contribution in [2.45, 2.75) is 51.0 Å². The van der Waals surface area contributed by atoms with E-state index in [0.717, 1.165) is 37.1 Å². The minimum Gasteiger partial charge on any atom is -0.381 e. The van der Waals surface area contributed by atoms with Crippen molar-refractivity contribution in [3.8, 4) is 0 Å². The summed E-state index contributed by atoms with van der Waals surface area (Å²) >= 11 is 0. The number of likely N-dealkylation sites (tertiary alicyclic amines) is 1. The molecule has 3 aliphatic rings. The van der Waals surface area contributed by atoms with Crippen molar-refractivity contribution in [1.29, 1.82) is 0 Å². The number of hydrogen-bond donors (Lipinski definition) is 1. The summed E-state index contributed by atoms with van der Waals surface area (Å²) in [7, 11) is 0. The SMILES string of the molecule is O=C(NCc1nnn2c1COC1(CCCN(C(=O)c3ccncn3)C1)C2)C1CCOCC1. The number of nitrogens with zero attached hydrogens (tertiary/aromatic N) is 6. The lowest BCUT2D eigenvalue weighted by Gasteiger charge is -2.44. The molecular formula is C21H27N7O4. The normalized spacial score (nSPS) is 23.7. The van der Waals surface area contributed by atoms with Crippen LogP contribution in [0.5, 0.6) is 0 Å². The van der Waals surface area contributed by atoms with Crippen LogP contribution in [-0.2, 0) is 34.0 Å². The van der Waals surface area contributed by atoms with Gasteiger partial charge in [0.2, 0.25) is 5.91 Å². The first kappa shape index (κ1) is 21.0. The minimum atomic E-state index is -0.496. The molecule has 0 bridgehead atoms. The lowest BCUT2D eigenvalue weighted by Crippen LogP contribution is -2.55. The van der Waals surface area contributed by atoms with E-state index in [4.69, 9.17) is 9.47 Å². The smallest absolute Gasteiger partial charge is 0.272 e. The van der Waals surface area contributed by atoms with Gasteiger partial charge in [0.05, 0.1) is 31.9 Å². The number of carbonyl (C=O) groups excluding carboxylic acids is 2. The van der Waals surface area contributed by atoms with Gasteiger partial charge in [-0.15, -0.1) is 5.10 Å². The molecule has 32 heavy (non-hydrogen) atoms. The fraction of sp³-hybridized carbons (Fsp3) is 0.619. The summed E-state index contributed by atoms with van der Waals surface area (Å²) in [5.41, 5.74) is 1.49. The van der Waals surface area contributed by atoms with Gasteiger partial charge in [-0.05, 0) is 31.7 Å². The second-order valence-corrected chi connectivity index (χ2v) is 8.64. The van der Waals surface area contributed by atoms with E-state index in [1.54, 1.807) is 17.2 Å². The Hall–Kier alpha value is -2.92. The molecule has 1 spiro atoms. The van der Waals surface area contributed by atoms with Crippen LogP contribution in [0, 0.1) is 5.92 Å². The fourth-order valence-corrected chi connectivity index (χ4v) is 4.70. The summed E-state index contributed by atoms with van der Waals surface area (Å²) < 4.78 is 13.5. The Kier molecular flexibility index (Phi) is 5.83. The fourth-order valence-electron chi connectivity index (χ4n) is 4.70. The third-order valence-electron chi connectivity index (χ3n) is 6.52. The van der Waals surface area contributed by atoms with Crippen LogP contribution >= 0.6 is 0 Å². The summed E-state index contributed by atoms with van der Waals surface area (Å²) in [6, 6.07) is 1.63. The van der Waals surface area contributed by atoms with Crippen LogP contribution in [0.15, 0.2) is 18.6 Å². The van der Waals surface area contributed by atoms with E-state index in [1.165, 1.54) is 6.33 Å². The Morgan fingerprint density at radius 1 is 1.25 bits per heavy atom. The quantitative estimate of drug-likeness (QED) is 0.719. The van der Waals surface area contributed by atoms with Crippen LogP contribution < -0.4 is 5.32 Å². The van der Waals surface area contributed by atoms with Crippen LogP contribution in [0.25, 0.3) is 0 Å². The second kappa shape index (κ2) is 8.91. The molecule has 1 atom stereocenters. The summed E-state index contributed by atoms with van der Waals surface area (Å²) in [6.45, 7) is 3.62. The highest BCUT2D eigenvalue weighted by molar-refractivity contribution is 5.92. The van der Waals surface area contributed by atoms with Crippen molar-refractivity contribution in [2.24, 2.45) is 5.92 Å². The average Bonchev–Trinajstić information content (AvgIpc) is 3.24. The zero-order chi connectivity index (χ0) is 22.0. The number of piperidine rings is 1. The Morgan fingerprint density at radius 3 is 2.94 bits per heavy atom. The van der Waals surface area contributed by atoms with Crippen molar-refractivity contribution in [3.63, 3.8) is 0 Å². The van der Waals surface area contributed by atoms with Crippen LogP contribution in [0.2, 0.25) is 0 Å². The monoisotopic (exact) mass is 441 g/mol. The lowest BCUT2D eigenvalue weighted by atomic mass is 9.91. The van der Waals surface area contributed by atoms with Gasteiger partial charge >= 0.3 is 0 Å². The minimum absolute atomic E-state index is 0.00434. The number of amides is 2. The second-order valence-electron chi connectivity index (χ2n) is 8.64. The molecule has 11 heteroatoms. The van der Waals surface area contributed by atoms with Crippen molar-refractivity contribution < 1.29 is 19.1 Å². The summed E-state index contributed by atoms with van der Waals surface area (Å²) in [5.74, 6) is -0.0827. The number of carbonyl (C=O) groups is 2.